The van der Waals surface area contributed by atoms with Gasteiger partial charge in [-0.25, -0.2) is 4.39 Å². The van der Waals surface area contributed by atoms with Crippen molar-refractivity contribution in [1.29, 1.82) is 0 Å². The van der Waals surface area contributed by atoms with Crippen LogP contribution in [0, 0.1) is 11.7 Å². The van der Waals surface area contributed by atoms with Crippen LogP contribution in [0.1, 0.15) is 12.0 Å². The second-order valence-corrected chi connectivity index (χ2v) is 5.28. The lowest BCUT2D eigenvalue weighted by Crippen LogP contribution is -2.48. The first-order valence-electron chi connectivity index (χ1n) is 6.94. The standard InChI is InChI=1S/C15H20FNO4/c1-21-14-3-2-10(6-12(14)16)7-15(20)17-5-4-11(9-18)13(19)8-17/h2-3,6,11,13,18-19H,4-5,7-9H2,1H3/t11-,13-/m1/s1. The van der Waals surface area contributed by atoms with Gasteiger partial charge in [0, 0.05) is 25.6 Å². The number of aliphatic hydroxyl groups is 2. The van der Waals surface area contributed by atoms with Crippen LogP contribution in [0.2, 0.25) is 0 Å². The Morgan fingerprint density at radius 2 is 2.29 bits per heavy atom. The summed E-state index contributed by atoms with van der Waals surface area (Å²) in [6.45, 7) is 0.634. The third-order valence-electron chi connectivity index (χ3n) is 3.88. The molecule has 5 nitrogen and oxygen atoms in total. The molecule has 1 aromatic rings. The van der Waals surface area contributed by atoms with Gasteiger partial charge in [-0.2, -0.15) is 0 Å². The summed E-state index contributed by atoms with van der Waals surface area (Å²) in [6, 6.07) is 4.43. The van der Waals surface area contributed by atoms with E-state index >= 15 is 0 Å². The average Bonchev–Trinajstić information content (AvgIpc) is 2.47. The average molecular weight is 297 g/mol. The number of hydrogen-bond acceptors (Lipinski definition) is 4. The van der Waals surface area contributed by atoms with Gasteiger partial charge in [0.1, 0.15) is 0 Å². The minimum Gasteiger partial charge on any atom is -0.494 e. The highest BCUT2D eigenvalue weighted by Gasteiger charge is 2.29. The van der Waals surface area contributed by atoms with Crippen molar-refractivity contribution < 1.29 is 24.1 Å². The normalized spacial score (nSPS) is 22.2. The molecule has 6 heteroatoms. The molecule has 1 saturated heterocycles. The zero-order valence-electron chi connectivity index (χ0n) is 12.0. The molecular formula is C15H20FNO4. The van der Waals surface area contributed by atoms with E-state index in [4.69, 9.17) is 9.84 Å². The SMILES string of the molecule is COc1ccc(CC(=O)N2CC[C@H](CO)[C@H](O)C2)cc1F. The third-order valence-corrected chi connectivity index (χ3v) is 3.88. The van der Waals surface area contributed by atoms with Gasteiger partial charge in [-0.1, -0.05) is 6.07 Å². The Kier molecular flexibility index (Phi) is 5.14. The minimum absolute atomic E-state index is 0.0765. The Morgan fingerprint density at radius 3 is 2.86 bits per heavy atom. The Labute approximate surface area is 122 Å². The Morgan fingerprint density at radius 1 is 1.52 bits per heavy atom. The molecule has 2 N–H and O–H groups in total. The number of methoxy groups -OCH3 is 1. The highest BCUT2D eigenvalue weighted by molar-refractivity contribution is 5.79. The van der Waals surface area contributed by atoms with Crippen molar-refractivity contribution in [3.63, 3.8) is 0 Å². The number of carbonyl (C=O) groups is 1. The van der Waals surface area contributed by atoms with Crippen LogP contribution in [-0.4, -0.2) is 53.9 Å². The van der Waals surface area contributed by atoms with Gasteiger partial charge in [-0.05, 0) is 24.1 Å². The first-order chi connectivity index (χ1) is 10.0. The maximum atomic E-state index is 13.6. The monoisotopic (exact) mass is 297 g/mol. The third kappa shape index (κ3) is 3.71. The molecule has 2 rings (SSSR count). The molecule has 0 aromatic heterocycles. The number of halogens is 1. The van der Waals surface area contributed by atoms with E-state index in [-0.39, 0.29) is 37.1 Å². The predicted octanol–water partition coefficient (Wildman–Crippen LogP) is 0.579. The summed E-state index contributed by atoms with van der Waals surface area (Å²) >= 11 is 0. The summed E-state index contributed by atoms with van der Waals surface area (Å²) in [4.78, 5) is 13.7. The van der Waals surface area contributed by atoms with Crippen molar-refractivity contribution >= 4 is 5.91 Å². The van der Waals surface area contributed by atoms with Gasteiger partial charge < -0.3 is 19.8 Å². The lowest BCUT2D eigenvalue weighted by atomic mass is 9.94. The number of aliphatic hydroxyl groups excluding tert-OH is 2. The summed E-state index contributed by atoms with van der Waals surface area (Å²) in [6.07, 6.45) is -0.0575. The number of carbonyl (C=O) groups excluding carboxylic acids is 1. The molecule has 1 fully saturated rings. The van der Waals surface area contributed by atoms with Crippen LogP contribution < -0.4 is 4.74 Å². The first kappa shape index (κ1) is 15.7. The van der Waals surface area contributed by atoms with E-state index in [0.29, 0.717) is 18.5 Å². The van der Waals surface area contributed by atoms with Crippen LogP contribution in [0.25, 0.3) is 0 Å². The zero-order chi connectivity index (χ0) is 15.4. The van der Waals surface area contributed by atoms with E-state index in [1.807, 2.05) is 0 Å². The smallest absolute Gasteiger partial charge is 0.227 e. The molecule has 21 heavy (non-hydrogen) atoms. The number of benzene rings is 1. The molecule has 1 aliphatic heterocycles. The molecule has 0 radical (unpaired) electrons. The lowest BCUT2D eigenvalue weighted by molar-refractivity contribution is -0.135. The van der Waals surface area contributed by atoms with Crippen LogP contribution >= 0.6 is 0 Å². The van der Waals surface area contributed by atoms with Crippen molar-refractivity contribution in [3.05, 3.63) is 29.6 Å². The van der Waals surface area contributed by atoms with Gasteiger partial charge in [0.2, 0.25) is 5.91 Å². The second kappa shape index (κ2) is 6.87. The van der Waals surface area contributed by atoms with Crippen molar-refractivity contribution in [3.8, 4) is 5.75 Å². The maximum absolute atomic E-state index is 13.6. The first-order valence-corrected chi connectivity index (χ1v) is 6.94. The number of β-amino-alcohol motifs (C(OH)–C–C–N with tert-alkyl or cyclic N) is 1. The fraction of sp³-hybridized carbons (Fsp3) is 0.533. The van der Waals surface area contributed by atoms with Crippen LogP contribution in [0.4, 0.5) is 4.39 Å². The molecule has 2 atom stereocenters. The molecule has 0 unspecified atom stereocenters. The van der Waals surface area contributed by atoms with Gasteiger partial charge in [0.15, 0.2) is 11.6 Å². The summed E-state index contributed by atoms with van der Waals surface area (Å²) in [5.41, 5.74) is 0.567. The largest absolute Gasteiger partial charge is 0.494 e. The van der Waals surface area contributed by atoms with E-state index in [9.17, 15) is 14.3 Å². The maximum Gasteiger partial charge on any atom is 0.227 e. The van der Waals surface area contributed by atoms with Crippen LogP contribution in [0.15, 0.2) is 18.2 Å². The predicted molar refractivity (Wildman–Crippen MR) is 74.4 cm³/mol. The number of nitrogens with zero attached hydrogens (tertiary/aromatic N) is 1. The lowest BCUT2D eigenvalue weighted by Gasteiger charge is -2.35. The Balaban J connectivity index is 1.97. The fourth-order valence-electron chi connectivity index (χ4n) is 2.53. The molecule has 0 bridgehead atoms. The summed E-state index contributed by atoms with van der Waals surface area (Å²) in [5, 5.41) is 18.9. The quantitative estimate of drug-likeness (QED) is 0.853. The number of piperidine rings is 1. The highest BCUT2D eigenvalue weighted by Crippen LogP contribution is 2.20. The van der Waals surface area contributed by atoms with E-state index in [1.54, 1.807) is 11.0 Å². The molecule has 1 heterocycles. The molecular weight excluding hydrogens is 277 g/mol. The Hall–Kier alpha value is -1.66. The number of rotatable bonds is 4. The van der Waals surface area contributed by atoms with Gasteiger partial charge >= 0.3 is 0 Å². The molecule has 1 amide bonds. The van der Waals surface area contributed by atoms with Gasteiger partial charge in [0.05, 0.1) is 19.6 Å². The molecule has 0 saturated carbocycles. The van der Waals surface area contributed by atoms with Crippen molar-refractivity contribution in [2.75, 3.05) is 26.8 Å². The fourth-order valence-corrected chi connectivity index (χ4v) is 2.53. The summed E-state index contributed by atoms with van der Waals surface area (Å²) in [7, 11) is 1.38. The number of ether oxygens (including phenoxy) is 1. The van der Waals surface area contributed by atoms with Gasteiger partial charge in [0.25, 0.3) is 0 Å². The summed E-state index contributed by atoms with van der Waals surface area (Å²) < 4.78 is 18.4. The van der Waals surface area contributed by atoms with Crippen LogP contribution in [0.5, 0.6) is 5.75 Å². The molecule has 0 spiro atoms. The van der Waals surface area contributed by atoms with E-state index in [0.717, 1.165) is 0 Å². The number of amides is 1. The van der Waals surface area contributed by atoms with Crippen LogP contribution in [-0.2, 0) is 11.2 Å². The molecule has 116 valence electrons. The number of hydrogen-bond donors (Lipinski definition) is 2. The topological polar surface area (TPSA) is 70.0 Å². The van der Waals surface area contributed by atoms with E-state index in [2.05, 4.69) is 0 Å². The minimum atomic E-state index is -0.708. The molecule has 1 aromatic carbocycles. The van der Waals surface area contributed by atoms with Gasteiger partial charge in [-0.15, -0.1) is 0 Å². The van der Waals surface area contributed by atoms with Crippen molar-refractivity contribution in [2.45, 2.75) is 18.9 Å². The van der Waals surface area contributed by atoms with E-state index in [1.165, 1.54) is 19.2 Å². The summed E-state index contributed by atoms with van der Waals surface area (Å²) in [5.74, 6) is -0.685. The van der Waals surface area contributed by atoms with Gasteiger partial charge in [-0.3, -0.25) is 4.79 Å². The Bertz CT molecular complexity index is 508. The molecule has 1 aliphatic rings. The van der Waals surface area contributed by atoms with Crippen LogP contribution in [0.3, 0.4) is 0 Å². The van der Waals surface area contributed by atoms with Crippen molar-refractivity contribution in [2.24, 2.45) is 5.92 Å². The molecule has 0 aliphatic carbocycles. The zero-order valence-corrected chi connectivity index (χ0v) is 12.0. The van der Waals surface area contributed by atoms with Crippen molar-refractivity contribution in [1.82, 2.24) is 4.90 Å². The van der Waals surface area contributed by atoms with E-state index < -0.39 is 11.9 Å². The number of likely N-dealkylation sites (tertiary alicyclic amines) is 1. The highest BCUT2D eigenvalue weighted by atomic mass is 19.1. The second-order valence-electron chi connectivity index (χ2n) is 5.28.